The van der Waals surface area contributed by atoms with Crippen molar-refractivity contribution in [2.75, 3.05) is 12.4 Å². The third-order valence-corrected chi connectivity index (χ3v) is 3.53. The van der Waals surface area contributed by atoms with E-state index in [9.17, 15) is 18.4 Å². The molecule has 1 rings (SSSR count). The second-order valence-corrected chi connectivity index (χ2v) is 5.35. The van der Waals surface area contributed by atoms with Crippen LogP contribution in [-0.4, -0.2) is 36.3 Å². The van der Waals surface area contributed by atoms with Crippen LogP contribution in [0.25, 0.3) is 0 Å². The third kappa shape index (κ3) is 5.39. The Labute approximate surface area is 129 Å². The Kier molecular flexibility index (Phi) is 6.70. The molecule has 5 nitrogen and oxygen atoms in total. The van der Waals surface area contributed by atoms with Gasteiger partial charge in [-0.25, -0.2) is 8.78 Å². The summed E-state index contributed by atoms with van der Waals surface area (Å²) in [4.78, 5) is 21.9. The predicted molar refractivity (Wildman–Crippen MR) is 77.7 cm³/mol. The van der Waals surface area contributed by atoms with Gasteiger partial charge in [0.05, 0.1) is 4.83 Å². The molecule has 0 bridgehead atoms. The summed E-state index contributed by atoms with van der Waals surface area (Å²) >= 11 is 3.05. The molecule has 2 atom stereocenters. The average molecular weight is 365 g/mol. The minimum absolute atomic E-state index is 0.167. The lowest BCUT2D eigenvalue weighted by atomic mass is 10.1. The molecule has 0 spiro atoms. The first-order valence-electron chi connectivity index (χ1n) is 6.01. The molecular weight excluding hydrogens is 350 g/mol. The van der Waals surface area contributed by atoms with Crippen LogP contribution in [0.3, 0.4) is 0 Å². The number of hydrogen-bond acceptors (Lipinski definition) is 3. The first kappa shape index (κ1) is 17.5. The topological polar surface area (TPSA) is 81.4 Å². The van der Waals surface area contributed by atoms with E-state index in [0.29, 0.717) is 11.3 Å². The van der Waals surface area contributed by atoms with Gasteiger partial charge in [0.25, 0.3) is 6.43 Å². The van der Waals surface area contributed by atoms with Gasteiger partial charge in [-0.1, -0.05) is 15.9 Å². The maximum atomic E-state index is 12.5. The zero-order chi connectivity index (χ0) is 16.0. The molecule has 0 heterocycles. The van der Waals surface area contributed by atoms with Gasteiger partial charge >= 0.3 is 0 Å². The van der Waals surface area contributed by atoms with Crippen LogP contribution in [0, 0.1) is 0 Å². The lowest BCUT2D eigenvalue weighted by Gasteiger charge is -2.17. The largest absolute Gasteiger partial charge is 0.375 e. The van der Waals surface area contributed by atoms with Crippen molar-refractivity contribution in [2.24, 2.45) is 5.73 Å². The molecule has 0 saturated carbocycles. The van der Waals surface area contributed by atoms with Crippen molar-refractivity contribution < 1.29 is 23.1 Å². The molecular formula is C13H15BrF2N2O3. The molecule has 1 aromatic carbocycles. The van der Waals surface area contributed by atoms with Gasteiger partial charge in [-0.2, -0.15) is 0 Å². The number of carbonyl (C=O) groups is 2. The van der Waals surface area contributed by atoms with E-state index in [0.717, 1.165) is 7.11 Å². The van der Waals surface area contributed by atoms with Crippen LogP contribution in [0.2, 0.25) is 0 Å². The molecule has 0 radical (unpaired) electrons. The van der Waals surface area contributed by atoms with Crippen LogP contribution in [0.1, 0.15) is 16.8 Å². The first-order valence-corrected chi connectivity index (χ1v) is 6.92. The molecule has 0 aliphatic carbocycles. The number of ether oxygens (including phenoxy) is 1. The fourth-order valence-electron chi connectivity index (χ4n) is 1.55. The Morgan fingerprint density at radius 3 is 2.33 bits per heavy atom. The van der Waals surface area contributed by atoms with Crippen LogP contribution in [-0.2, 0) is 9.53 Å². The van der Waals surface area contributed by atoms with Gasteiger partial charge in [-0.15, -0.1) is 0 Å². The highest BCUT2D eigenvalue weighted by molar-refractivity contribution is 9.10. The molecule has 2 amide bonds. The number of amides is 2. The quantitative estimate of drug-likeness (QED) is 0.727. The number of benzene rings is 1. The number of anilines is 1. The summed E-state index contributed by atoms with van der Waals surface area (Å²) in [6, 6.07) is 5.91. The highest BCUT2D eigenvalue weighted by Gasteiger charge is 2.26. The van der Waals surface area contributed by atoms with Gasteiger partial charge in [0.1, 0.15) is 6.10 Å². The Morgan fingerprint density at radius 1 is 1.33 bits per heavy atom. The van der Waals surface area contributed by atoms with E-state index in [4.69, 9.17) is 5.73 Å². The number of alkyl halides is 3. The molecule has 0 aromatic heterocycles. The van der Waals surface area contributed by atoms with E-state index in [1.807, 2.05) is 0 Å². The van der Waals surface area contributed by atoms with E-state index in [2.05, 4.69) is 26.0 Å². The van der Waals surface area contributed by atoms with E-state index in [1.165, 1.54) is 24.3 Å². The summed E-state index contributed by atoms with van der Waals surface area (Å²) in [6.45, 7) is 0. The van der Waals surface area contributed by atoms with Crippen LogP contribution < -0.4 is 11.1 Å². The molecule has 0 saturated heterocycles. The summed E-state index contributed by atoms with van der Waals surface area (Å²) in [5, 5.41) is 2.54. The maximum Gasteiger partial charge on any atom is 0.264 e. The molecule has 2 unspecified atom stereocenters. The SMILES string of the molecule is COC(CC(Br)C(=O)Nc1ccc(C(N)=O)cc1)C(F)F. The zero-order valence-electron chi connectivity index (χ0n) is 11.2. The van der Waals surface area contributed by atoms with Gasteiger partial charge in [0.2, 0.25) is 11.8 Å². The number of carbonyl (C=O) groups excluding carboxylic acids is 2. The second-order valence-electron chi connectivity index (χ2n) is 4.24. The molecule has 116 valence electrons. The number of rotatable bonds is 7. The third-order valence-electron chi connectivity index (χ3n) is 2.74. The van der Waals surface area contributed by atoms with Gasteiger partial charge in [0, 0.05) is 24.8 Å². The molecule has 1 aromatic rings. The van der Waals surface area contributed by atoms with Crippen LogP contribution in [0.5, 0.6) is 0 Å². The van der Waals surface area contributed by atoms with Crippen molar-refractivity contribution in [3.8, 4) is 0 Å². The normalized spacial score (nSPS) is 13.8. The predicted octanol–water partition coefficient (Wildman–Crippen LogP) is 2.16. The van der Waals surface area contributed by atoms with E-state index in [-0.39, 0.29) is 6.42 Å². The van der Waals surface area contributed by atoms with Crippen molar-refractivity contribution in [1.29, 1.82) is 0 Å². The molecule has 21 heavy (non-hydrogen) atoms. The van der Waals surface area contributed by atoms with E-state index in [1.54, 1.807) is 0 Å². The number of hydrogen-bond donors (Lipinski definition) is 2. The van der Waals surface area contributed by atoms with Crippen molar-refractivity contribution in [1.82, 2.24) is 0 Å². The van der Waals surface area contributed by atoms with Crippen molar-refractivity contribution in [3.63, 3.8) is 0 Å². The van der Waals surface area contributed by atoms with E-state index >= 15 is 0 Å². The molecule has 0 aliphatic heterocycles. The Hall–Kier alpha value is -1.54. The van der Waals surface area contributed by atoms with E-state index < -0.39 is 29.2 Å². The summed E-state index contributed by atoms with van der Waals surface area (Å²) < 4.78 is 29.7. The fourth-order valence-corrected chi connectivity index (χ4v) is 2.03. The summed E-state index contributed by atoms with van der Waals surface area (Å²) in [5.41, 5.74) is 5.83. The molecule has 0 fully saturated rings. The fraction of sp³-hybridized carbons (Fsp3) is 0.385. The smallest absolute Gasteiger partial charge is 0.264 e. The van der Waals surface area contributed by atoms with Gasteiger partial charge in [0.15, 0.2) is 0 Å². The Balaban J connectivity index is 2.61. The number of halogens is 3. The first-order chi connectivity index (χ1) is 9.85. The van der Waals surface area contributed by atoms with Crippen molar-refractivity contribution >= 4 is 33.4 Å². The lowest BCUT2D eigenvalue weighted by Crippen LogP contribution is -2.31. The lowest BCUT2D eigenvalue weighted by molar-refractivity contribution is -0.116. The van der Waals surface area contributed by atoms with Gasteiger partial charge < -0.3 is 15.8 Å². The number of nitrogens with two attached hydrogens (primary N) is 1. The number of methoxy groups -OCH3 is 1. The average Bonchev–Trinajstić information content (AvgIpc) is 2.44. The maximum absolute atomic E-state index is 12.5. The zero-order valence-corrected chi connectivity index (χ0v) is 12.8. The minimum atomic E-state index is -2.67. The van der Waals surface area contributed by atoms with Crippen LogP contribution >= 0.6 is 15.9 Å². The Morgan fingerprint density at radius 2 is 1.90 bits per heavy atom. The van der Waals surface area contributed by atoms with Crippen LogP contribution in [0.4, 0.5) is 14.5 Å². The summed E-state index contributed by atoms with van der Waals surface area (Å²) in [7, 11) is 1.16. The molecule has 0 aliphatic rings. The molecule has 3 N–H and O–H groups in total. The molecule has 8 heteroatoms. The van der Waals surface area contributed by atoms with Gasteiger partial charge in [-0.3, -0.25) is 9.59 Å². The number of nitrogens with one attached hydrogen (secondary N) is 1. The van der Waals surface area contributed by atoms with Gasteiger partial charge in [-0.05, 0) is 24.3 Å². The van der Waals surface area contributed by atoms with Crippen molar-refractivity contribution in [3.05, 3.63) is 29.8 Å². The highest BCUT2D eigenvalue weighted by Crippen LogP contribution is 2.18. The second kappa shape index (κ2) is 8.04. The summed E-state index contributed by atoms with van der Waals surface area (Å²) in [6.07, 6.45) is -4.16. The minimum Gasteiger partial charge on any atom is -0.375 e. The van der Waals surface area contributed by atoms with Crippen molar-refractivity contribution in [2.45, 2.75) is 23.8 Å². The highest BCUT2D eigenvalue weighted by atomic mass is 79.9. The Bertz CT molecular complexity index is 497. The standard InChI is InChI=1S/C13H15BrF2N2O3/c1-21-10(11(15)16)6-9(14)13(20)18-8-4-2-7(3-5-8)12(17)19/h2-5,9-11H,6H2,1H3,(H2,17,19)(H,18,20). The number of primary amides is 1. The summed E-state index contributed by atoms with van der Waals surface area (Å²) in [5.74, 6) is -1.06. The van der Waals surface area contributed by atoms with Crippen LogP contribution in [0.15, 0.2) is 24.3 Å². The monoisotopic (exact) mass is 364 g/mol.